The highest BCUT2D eigenvalue weighted by Crippen LogP contribution is 2.63. The van der Waals surface area contributed by atoms with Gasteiger partial charge in [0.15, 0.2) is 0 Å². The van der Waals surface area contributed by atoms with Crippen LogP contribution in [0.25, 0.3) is 0 Å². The fourth-order valence-electron chi connectivity index (χ4n) is 6.07. The number of Topliss-reactive ketones (excluding diaryl/α,β-unsaturated/α-hetero) is 2. The summed E-state index contributed by atoms with van der Waals surface area (Å²) in [6.45, 7) is 6.39. The van der Waals surface area contributed by atoms with E-state index < -0.39 is 11.4 Å². The first kappa shape index (κ1) is 16.7. The number of ketones is 2. The van der Waals surface area contributed by atoms with E-state index in [9.17, 15) is 14.4 Å². The summed E-state index contributed by atoms with van der Waals surface area (Å²) >= 11 is 0. The number of carboxylic acids is 1. The summed E-state index contributed by atoms with van der Waals surface area (Å²) in [5.41, 5.74) is -0.427. The minimum Gasteiger partial charge on any atom is -0.481 e. The zero-order valence-electron chi connectivity index (χ0n) is 14.4. The molecule has 1 N–H and O–H groups in total. The first-order valence-electron chi connectivity index (χ1n) is 8.94. The molecule has 4 nitrogen and oxygen atoms in total. The predicted octanol–water partition coefficient (Wildman–Crippen LogP) is 3.48. The lowest BCUT2D eigenvalue weighted by atomic mass is 9.47. The van der Waals surface area contributed by atoms with Crippen LogP contribution in [0.2, 0.25) is 0 Å². The van der Waals surface area contributed by atoms with Gasteiger partial charge in [-0.2, -0.15) is 0 Å². The van der Waals surface area contributed by atoms with Crippen LogP contribution in [-0.2, 0) is 14.4 Å². The molecule has 0 bridgehead atoms. The van der Waals surface area contributed by atoms with Crippen molar-refractivity contribution in [2.75, 3.05) is 0 Å². The van der Waals surface area contributed by atoms with Crippen LogP contribution in [0.5, 0.6) is 0 Å². The topological polar surface area (TPSA) is 71.4 Å². The van der Waals surface area contributed by atoms with Crippen molar-refractivity contribution < 1.29 is 19.5 Å². The molecule has 0 heterocycles. The molecule has 0 aliphatic heterocycles. The van der Waals surface area contributed by atoms with Crippen LogP contribution in [0, 0.1) is 34.5 Å². The lowest BCUT2D eigenvalue weighted by molar-refractivity contribution is -0.152. The van der Waals surface area contributed by atoms with E-state index in [1.54, 1.807) is 0 Å². The molecule has 3 fully saturated rings. The summed E-state index contributed by atoms with van der Waals surface area (Å²) in [6, 6.07) is 0. The molecule has 0 radical (unpaired) electrons. The normalized spacial score (nSPS) is 46.4. The Kier molecular flexibility index (Phi) is 3.93. The second kappa shape index (κ2) is 5.42. The molecule has 3 unspecified atom stereocenters. The Labute approximate surface area is 138 Å². The van der Waals surface area contributed by atoms with Crippen molar-refractivity contribution in [1.29, 1.82) is 0 Å². The number of hydrogen-bond acceptors (Lipinski definition) is 3. The lowest BCUT2D eigenvalue weighted by Crippen LogP contribution is -2.54. The molecule has 0 saturated heterocycles. The summed E-state index contributed by atoms with van der Waals surface area (Å²) in [7, 11) is 0. The third-order valence-corrected chi connectivity index (χ3v) is 7.38. The second-order valence-corrected chi connectivity index (χ2v) is 8.82. The van der Waals surface area contributed by atoms with E-state index in [-0.39, 0.29) is 23.5 Å². The van der Waals surface area contributed by atoms with E-state index in [4.69, 9.17) is 5.11 Å². The molecule has 128 valence electrons. The Morgan fingerprint density at radius 1 is 1.22 bits per heavy atom. The van der Waals surface area contributed by atoms with Crippen LogP contribution >= 0.6 is 0 Å². The van der Waals surface area contributed by atoms with Crippen molar-refractivity contribution in [3.63, 3.8) is 0 Å². The summed E-state index contributed by atoms with van der Waals surface area (Å²) in [6.07, 6.45) is 4.33. The average Bonchev–Trinajstić information content (AvgIpc) is 2.76. The van der Waals surface area contributed by atoms with Gasteiger partial charge in [-0.1, -0.05) is 20.8 Å². The number of rotatable bonds is 3. The van der Waals surface area contributed by atoms with Gasteiger partial charge < -0.3 is 5.11 Å². The van der Waals surface area contributed by atoms with E-state index in [0.29, 0.717) is 49.2 Å². The van der Waals surface area contributed by atoms with Crippen LogP contribution in [0.1, 0.15) is 65.7 Å². The van der Waals surface area contributed by atoms with Crippen LogP contribution in [0.3, 0.4) is 0 Å². The zero-order valence-corrected chi connectivity index (χ0v) is 14.4. The lowest BCUT2D eigenvalue weighted by Gasteiger charge is -2.56. The van der Waals surface area contributed by atoms with Crippen molar-refractivity contribution in [2.45, 2.75) is 65.7 Å². The largest absolute Gasteiger partial charge is 0.481 e. The van der Waals surface area contributed by atoms with Crippen LogP contribution < -0.4 is 0 Å². The minimum absolute atomic E-state index is 0.0563. The molecule has 0 aromatic heterocycles. The average molecular weight is 320 g/mol. The molecule has 3 aliphatic rings. The van der Waals surface area contributed by atoms with Crippen molar-refractivity contribution in [3.8, 4) is 0 Å². The van der Waals surface area contributed by atoms with E-state index in [2.05, 4.69) is 13.8 Å². The second-order valence-electron chi connectivity index (χ2n) is 8.82. The molecule has 0 spiro atoms. The number of carbonyl (C=O) groups is 3. The van der Waals surface area contributed by atoms with Gasteiger partial charge in [0.05, 0.1) is 0 Å². The van der Waals surface area contributed by atoms with Gasteiger partial charge >= 0.3 is 5.97 Å². The van der Waals surface area contributed by atoms with Gasteiger partial charge in [-0.25, -0.2) is 0 Å². The predicted molar refractivity (Wildman–Crippen MR) is 85.8 cm³/mol. The third-order valence-electron chi connectivity index (χ3n) is 7.38. The highest BCUT2D eigenvalue weighted by molar-refractivity contribution is 5.87. The Morgan fingerprint density at radius 3 is 2.57 bits per heavy atom. The van der Waals surface area contributed by atoms with Crippen molar-refractivity contribution in [3.05, 3.63) is 0 Å². The Balaban J connectivity index is 1.93. The van der Waals surface area contributed by atoms with Gasteiger partial charge in [0.2, 0.25) is 0 Å². The van der Waals surface area contributed by atoms with E-state index in [0.717, 1.165) is 12.8 Å². The molecular weight excluding hydrogens is 292 g/mol. The smallest absolute Gasteiger partial charge is 0.303 e. The first-order valence-corrected chi connectivity index (χ1v) is 8.94. The van der Waals surface area contributed by atoms with Gasteiger partial charge in [0.25, 0.3) is 0 Å². The van der Waals surface area contributed by atoms with Gasteiger partial charge in [-0.05, 0) is 48.3 Å². The number of hydrogen-bond donors (Lipinski definition) is 1. The maximum absolute atomic E-state index is 12.8. The summed E-state index contributed by atoms with van der Waals surface area (Å²) < 4.78 is 0. The molecule has 6 atom stereocenters. The highest BCUT2D eigenvalue weighted by atomic mass is 16.4. The van der Waals surface area contributed by atoms with Gasteiger partial charge in [-0.15, -0.1) is 0 Å². The molecule has 4 heteroatoms. The van der Waals surface area contributed by atoms with Crippen molar-refractivity contribution in [2.24, 2.45) is 34.5 Å². The number of carbonyl (C=O) groups excluding carboxylic acids is 2. The standard InChI is InChI=1S/C19H28O4/c1-11-8-15(21)19(3,7-5-16(22)23)13-4-6-18(2)10-12(20)9-14(18)17(11)13/h11,13-14,17H,4-10H2,1-3H3,(H,22,23)/t11-,13?,14?,17?,18+,19+/m0/s1. The molecular formula is C19H28O4. The van der Waals surface area contributed by atoms with Crippen molar-refractivity contribution in [1.82, 2.24) is 0 Å². The molecule has 0 aromatic rings. The molecule has 0 amide bonds. The molecule has 3 aliphatic carbocycles. The number of fused-ring (bicyclic) bond motifs is 3. The quantitative estimate of drug-likeness (QED) is 0.864. The minimum atomic E-state index is -0.828. The molecule has 0 aromatic carbocycles. The first-order chi connectivity index (χ1) is 10.7. The summed E-state index contributed by atoms with van der Waals surface area (Å²) in [5.74, 6) is 1.08. The molecule has 3 rings (SSSR count). The fraction of sp³-hybridized carbons (Fsp3) is 0.842. The fourth-order valence-corrected chi connectivity index (χ4v) is 6.07. The van der Waals surface area contributed by atoms with Crippen LogP contribution in [0.15, 0.2) is 0 Å². The SMILES string of the molecule is C[C@H]1CC(=O)[C@](C)(CCC(=O)O)C2CC[C@]3(C)CC(=O)CC3C21. The van der Waals surface area contributed by atoms with Crippen LogP contribution in [0.4, 0.5) is 0 Å². The molecule has 23 heavy (non-hydrogen) atoms. The van der Waals surface area contributed by atoms with Crippen LogP contribution in [-0.4, -0.2) is 22.6 Å². The third kappa shape index (κ3) is 2.54. The summed E-state index contributed by atoms with van der Waals surface area (Å²) in [5, 5.41) is 9.06. The Bertz CT molecular complexity index is 554. The van der Waals surface area contributed by atoms with Gasteiger partial charge in [0, 0.05) is 31.1 Å². The zero-order chi connectivity index (χ0) is 17.0. The highest BCUT2D eigenvalue weighted by Gasteiger charge is 2.60. The van der Waals surface area contributed by atoms with Gasteiger partial charge in [0.1, 0.15) is 11.6 Å². The number of aliphatic carboxylic acids is 1. The summed E-state index contributed by atoms with van der Waals surface area (Å²) in [4.78, 5) is 35.9. The number of carboxylic acid groups (broad SMARTS) is 1. The maximum atomic E-state index is 12.8. The van der Waals surface area contributed by atoms with E-state index in [1.165, 1.54) is 0 Å². The Morgan fingerprint density at radius 2 is 1.91 bits per heavy atom. The van der Waals surface area contributed by atoms with Crippen molar-refractivity contribution >= 4 is 17.5 Å². The monoisotopic (exact) mass is 320 g/mol. The Hall–Kier alpha value is -1.19. The van der Waals surface area contributed by atoms with E-state index >= 15 is 0 Å². The maximum Gasteiger partial charge on any atom is 0.303 e. The van der Waals surface area contributed by atoms with E-state index in [1.807, 2.05) is 6.92 Å². The molecule has 3 saturated carbocycles. The van der Waals surface area contributed by atoms with Gasteiger partial charge in [-0.3, -0.25) is 14.4 Å².